The van der Waals surface area contributed by atoms with Crippen molar-refractivity contribution in [2.24, 2.45) is 0 Å². The zero-order chi connectivity index (χ0) is 41.8. The monoisotopic (exact) mass is 792 g/mol. The van der Waals surface area contributed by atoms with Gasteiger partial charge in [0.25, 0.3) is 0 Å². The van der Waals surface area contributed by atoms with Gasteiger partial charge in [-0.3, -0.25) is 0 Å². The van der Waals surface area contributed by atoms with Crippen LogP contribution in [-0.4, -0.2) is 9.97 Å². The van der Waals surface area contributed by atoms with Crippen molar-refractivity contribution in [1.29, 1.82) is 0 Å². The van der Waals surface area contributed by atoms with E-state index in [1.807, 2.05) is 24.3 Å². The lowest BCUT2D eigenvalue weighted by Crippen LogP contribution is -1.99. The molecule has 2 nitrogen and oxygen atoms in total. The van der Waals surface area contributed by atoms with Gasteiger partial charge in [0, 0.05) is 0 Å². The molecule has 0 spiro atoms. The number of hydrogen-bond donors (Lipinski definition) is 0. The van der Waals surface area contributed by atoms with Gasteiger partial charge in [-0.15, -0.1) is 0 Å². The highest BCUT2D eigenvalue weighted by Crippen LogP contribution is 2.26. The van der Waals surface area contributed by atoms with Gasteiger partial charge in [0.2, 0.25) is 0 Å². The van der Waals surface area contributed by atoms with Crippen LogP contribution in [0.5, 0.6) is 0 Å². The molecule has 0 aliphatic rings. The smallest absolute Gasteiger partial charge is 0.0894 e. The molecule has 0 fully saturated rings. The Morgan fingerprint density at radius 1 is 0.177 bits per heavy atom. The highest BCUT2D eigenvalue weighted by Gasteiger charge is 2.09. The van der Waals surface area contributed by atoms with Gasteiger partial charge in [0.15, 0.2) is 0 Å². The predicted octanol–water partition coefficient (Wildman–Crippen LogP) is 15.8. The first kappa shape index (κ1) is 39.3. The summed E-state index contributed by atoms with van der Waals surface area (Å²) in [7, 11) is 0. The average molecular weight is 793 g/mol. The van der Waals surface area contributed by atoms with Gasteiger partial charge in [-0.25, -0.2) is 9.97 Å². The average Bonchev–Trinajstić information content (AvgIpc) is 3.36. The molecule has 62 heavy (non-hydrogen) atoms. The Bertz CT molecular complexity index is 2550. The Labute approximate surface area is 364 Å². The van der Waals surface area contributed by atoms with E-state index in [1.165, 1.54) is 44.5 Å². The van der Waals surface area contributed by atoms with E-state index < -0.39 is 0 Å². The largest absolute Gasteiger partial charge is 0.245 e. The molecule has 294 valence electrons. The summed E-state index contributed by atoms with van der Waals surface area (Å²) in [4.78, 5) is 10.7. The molecular formula is C60H44N2. The fraction of sp³-hybridized carbons (Fsp3) is 0. The van der Waals surface area contributed by atoms with E-state index in [0.717, 1.165) is 45.0 Å². The van der Waals surface area contributed by atoms with Crippen molar-refractivity contribution in [3.8, 4) is 44.5 Å². The minimum Gasteiger partial charge on any atom is -0.245 e. The quantitative estimate of drug-likeness (QED) is 0.123. The molecule has 0 aliphatic carbocycles. The molecule has 0 N–H and O–H groups in total. The second-order valence-corrected chi connectivity index (χ2v) is 15.1. The summed E-state index contributed by atoms with van der Waals surface area (Å²) in [5.41, 5.74) is 16.9. The lowest BCUT2D eigenvalue weighted by molar-refractivity contribution is 1.12. The summed E-state index contributed by atoms with van der Waals surface area (Å²) < 4.78 is 0. The van der Waals surface area contributed by atoms with Gasteiger partial charge in [-0.1, -0.05) is 243 Å². The lowest BCUT2D eigenvalue weighted by atomic mass is 10.0. The first-order chi connectivity index (χ1) is 30.7. The molecule has 0 unspecified atom stereocenters. The molecule has 9 rings (SSSR count). The van der Waals surface area contributed by atoms with E-state index in [0.29, 0.717) is 0 Å². The molecule has 0 saturated heterocycles. The van der Waals surface area contributed by atoms with Crippen LogP contribution in [0.1, 0.15) is 45.0 Å². The van der Waals surface area contributed by atoms with Crippen molar-refractivity contribution in [2.75, 3.05) is 0 Å². The summed E-state index contributed by atoms with van der Waals surface area (Å²) >= 11 is 0. The molecule has 1 aromatic heterocycles. The normalized spacial score (nSPS) is 11.6. The fourth-order valence-electron chi connectivity index (χ4n) is 7.35. The molecule has 0 aliphatic heterocycles. The molecule has 9 aromatic rings. The standard InChI is InChI=1S/C60H44N2/c1-5-13-49(14-6-1)53-33-21-45(22-34-53)29-41-57-58(42-30-46-23-35-54(36-24-46)50-15-7-2-8-16-50)62-60(44-32-48-27-39-56(40-28-48)52-19-11-4-12-20-52)59(61-57)43-31-47-25-37-55(38-26-47)51-17-9-3-10-18-51/h1-44H. The third-order valence-electron chi connectivity index (χ3n) is 10.8. The third-order valence-corrected chi connectivity index (χ3v) is 10.8. The minimum absolute atomic E-state index is 0.776. The maximum atomic E-state index is 5.33. The van der Waals surface area contributed by atoms with Crippen molar-refractivity contribution >= 4 is 48.6 Å². The lowest BCUT2D eigenvalue weighted by Gasteiger charge is -2.08. The number of rotatable bonds is 12. The van der Waals surface area contributed by atoms with E-state index in [2.05, 4.69) is 243 Å². The van der Waals surface area contributed by atoms with Crippen LogP contribution in [-0.2, 0) is 0 Å². The minimum atomic E-state index is 0.776. The Morgan fingerprint density at radius 3 is 0.548 bits per heavy atom. The Kier molecular flexibility index (Phi) is 12.2. The van der Waals surface area contributed by atoms with Crippen LogP contribution in [0.2, 0.25) is 0 Å². The second-order valence-electron chi connectivity index (χ2n) is 15.1. The predicted molar refractivity (Wildman–Crippen MR) is 265 cm³/mol. The van der Waals surface area contributed by atoms with Gasteiger partial charge in [0.1, 0.15) is 0 Å². The summed E-state index contributed by atoms with van der Waals surface area (Å²) in [6.07, 6.45) is 16.8. The van der Waals surface area contributed by atoms with E-state index in [4.69, 9.17) is 9.97 Å². The molecule has 8 aromatic carbocycles. The summed E-state index contributed by atoms with van der Waals surface area (Å²) in [5.74, 6) is 0. The van der Waals surface area contributed by atoms with E-state index in [9.17, 15) is 0 Å². The van der Waals surface area contributed by atoms with Crippen LogP contribution in [0.15, 0.2) is 218 Å². The van der Waals surface area contributed by atoms with Gasteiger partial charge in [0.05, 0.1) is 22.8 Å². The first-order valence-corrected chi connectivity index (χ1v) is 21.0. The van der Waals surface area contributed by atoms with Gasteiger partial charge < -0.3 is 0 Å². The SMILES string of the molecule is C(=Cc1nc(C=Cc2ccc(-c3ccccc3)cc2)c(C=Cc2ccc(-c3ccccc3)cc2)nc1C=Cc1ccc(-c2ccccc2)cc1)c1ccc(-c2ccccc2)cc1. The van der Waals surface area contributed by atoms with Crippen molar-refractivity contribution < 1.29 is 0 Å². The van der Waals surface area contributed by atoms with E-state index in [-0.39, 0.29) is 0 Å². The zero-order valence-corrected chi connectivity index (χ0v) is 34.3. The molecule has 0 saturated carbocycles. The molecule has 0 atom stereocenters. The van der Waals surface area contributed by atoms with Gasteiger partial charge >= 0.3 is 0 Å². The van der Waals surface area contributed by atoms with Gasteiger partial charge in [-0.05, 0) is 91.1 Å². The number of nitrogens with zero attached hydrogens (tertiary/aromatic N) is 2. The maximum Gasteiger partial charge on any atom is 0.0894 e. The fourth-order valence-corrected chi connectivity index (χ4v) is 7.35. The topological polar surface area (TPSA) is 25.8 Å². The van der Waals surface area contributed by atoms with Crippen LogP contribution in [0, 0.1) is 0 Å². The van der Waals surface area contributed by atoms with E-state index >= 15 is 0 Å². The number of hydrogen-bond acceptors (Lipinski definition) is 2. The van der Waals surface area contributed by atoms with Crippen molar-refractivity contribution in [3.63, 3.8) is 0 Å². The Morgan fingerprint density at radius 2 is 0.355 bits per heavy atom. The van der Waals surface area contributed by atoms with Crippen molar-refractivity contribution in [3.05, 3.63) is 263 Å². The van der Waals surface area contributed by atoms with Crippen LogP contribution in [0.4, 0.5) is 0 Å². The molecule has 0 bridgehead atoms. The van der Waals surface area contributed by atoms with Crippen LogP contribution < -0.4 is 0 Å². The molecule has 0 radical (unpaired) electrons. The van der Waals surface area contributed by atoms with Crippen molar-refractivity contribution in [1.82, 2.24) is 9.97 Å². The Hall–Kier alpha value is -8.20. The summed E-state index contributed by atoms with van der Waals surface area (Å²) in [6.45, 7) is 0. The first-order valence-electron chi connectivity index (χ1n) is 21.0. The van der Waals surface area contributed by atoms with Crippen LogP contribution in [0.25, 0.3) is 93.1 Å². The van der Waals surface area contributed by atoms with Crippen LogP contribution in [0.3, 0.4) is 0 Å². The second kappa shape index (κ2) is 19.2. The maximum absolute atomic E-state index is 5.33. The number of benzene rings is 8. The molecule has 0 amide bonds. The molecular weight excluding hydrogens is 749 g/mol. The summed E-state index contributed by atoms with van der Waals surface area (Å²) in [6, 6.07) is 76.3. The van der Waals surface area contributed by atoms with E-state index in [1.54, 1.807) is 0 Å². The Balaban J connectivity index is 1.09. The summed E-state index contributed by atoms with van der Waals surface area (Å²) in [5, 5.41) is 0. The van der Waals surface area contributed by atoms with Crippen molar-refractivity contribution in [2.45, 2.75) is 0 Å². The highest BCUT2D eigenvalue weighted by atomic mass is 14.8. The molecule has 2 heteroatoms. The third kappa shape index (κ3) is 9.97. The highest BCUT2D eigenvalue weighted by molar-refractivity contribution is 5.83. The zero-order valence-electron chi connectivity index (χ0n) is 34.3. The van der Waals surface area contributed by atoms with Gasteiger partial charge in [-0.2, -0.15) is 0 Å². The van der Waals surface area contributed by atoms with Crippen LogP contribution >= 0.6 is 0 Å². The molecule has 1 heterocycles. The number of aromatic nitrogens is 2.